The van der Waals surface area contributed by atoms with E-state index in [0.29, 0.717) is 17.8 Å². The lowest BCUT2D eigenvalue weighted by Crippen LogP contribution is -2.39. The first kappa shape index (κ1) is 7.29. The minimum atomic E-state index is 0.395. The Labute approximate surface area is 67.6 Å². The summed E-state index contributed by atoms with van der Waals surface area (Å²) in [6.07, 6.45) is 3.74. The summed E-state index contributed by atoms with van der Waals surface area (Å²) in [5, 5.41) is 0. The Bertz CT molecular complexity index is 155. The SMILES string of the molecule is CN1CC2CCC(C1)C2C=O. The molecule has 0 N–H and O–H groups in total. The number of aldehydes is 1. The van der Waals surface area contributed by atoms with Gasteiger partial charge in [0.2, 0.25) is 0 Å². The standard InChI is InChI=1S/C9H15NO/c1-10-4-7-2-3-8(5-10)9(7)6-11/h6-9H,2-5H2,1H3. The second-order valence-corrected chi connectivity index (χ2v) is 4.03. The van der Waals surface area contributed by atoms with Gasteiger partial charge < -0.3 is 9.69 Å². The molecule has 0 aromatic carbocycles. The molecule has 2 unspecified atom stereocenters. The molecule has 11 heavy (non-hydrogen) atoms. The van der Waals surface area contributed by atoms with Crippen LogP contribution in [0.5, 0.6) is 0 Å². The van der Waals surface area contributed by atoms with Crippen molar-refractivity contribution in [1.29, 1.82) is 0 Å². The molecule has 1 saturated heterocycles. The molecule has 0 aromatic rings. The number of nitrogens with zero attached hydrogens (tertiary/aromatic N) is 1. The van der Waals surface area contributed by atoms with E-state index in [4.69, 9.17) is 0 Å². The monoisotopic (exact) mass is 153 g/mol. The predicted octanol–water partition coefficient (Wildman–Crippen LogP) is 0.773. The van der Waals surface area contributed by atoms with Crippen LogP contribution in [-0.4, -0.2) is 31.3 Å². The first-order valence-electron chi connectivity index (χ1n) is 4.45. The van der Waals surface area contributed by atoms with E-state index in [1.165, 1.54) is 19.1 Å². The Morgan fingerprint density at radius 3 is 2.27 bits per heavy atom. The molecule has 1 saturated carbocycles. The Balaban J connectivity index is 2.12. The maximum absolute atomic E-state index is 10.7. The summed E-state index contributed by atoms with van der Waals surface area (Å²) in [6, 6.07) is 0. The maximum atomic E-state index is 10.7. The van der Waals surface area contributed by atoms with E-state index in [1.807, 2.05) is 0 Å². The molecule has 0 radical (unpaired) electrons. The van der Waals surface area contributed by atoms with Gasteiger partial charge in [-0.25, -0.2) is 0 Å². The normalized spacial score (nSPS) is 44.3. The van der Waals surface area contributed by atoms with Crippen LogP contribution < -0.4 is 0 Å². The summed E-state index contributed by atoms with van der Waals surface area (Å²) in [5.41, 5.74) is 0. The number of carbonyl (C=O) groups excluding carboxylic acids is 1. The summed E-state index contributed by atoms with van der Waals surface area (Å²) in [5.74, 6) is 1.75. The van der Waals surface area contributed by atoms with E-state index in [-0.39, 0.29) is 0 Å². The molecule has 2 nitrogen and oxygen atoms in total. The molecule has 1 aliphatic heterocycles. The van der Waals surface area contributed by atoms with Gasteiger partial charge in [-0.3, -0.25) is 0 Å². The number of hydrogen-bond acceptors (Lipinski definition) is 2. The quantitative estimate of drug-likeness (QED) is 0.519. The lowest BCUT2D eigenvalue weighted by Gasteiger charge is -2.32. The largest absolute Gasteiger partial charge is 0.306 e. The van der Waals surface area contributed by atoms with Crippen molar-refractivity contribution in [3.63, 3.8) is 0 Å². The molecule has 2 atom stereocenters. The van der Waals surface area contributed by atoms with Crippen molar-refractivity contribution in [3.8, 4) is 0 Å². The minimum absolute atomic E-state index is 0.395. The van der Waals surface area contributed by atoms with Crippen LogP contribution in [-0.2, 0) is 4.79 Å². The molecule has 0 spiro atoms. The number of rotatable bonds is 1. The number of piperidine rings is 1. The Kier molecular flexibility index (Phi) is 1.72. The maximum Gasteiger partial charge on any atom is 0.123 e. The Morgan fingerprint density at radius 1 is 1.27 bits per heavy atom. The second-order valence-electron chi connectivity index (χ2n) is 4.03. The van der Waals surface area contributed by atoms with Crippen LogP contribution in [0.3, 0.4) is 0 Å². The molecule has 2 rings (SSSR count). The van der Waals surface area contributed by atoms with E-state index in [1.54, 1.807) is 0 Å². The molecular weight excluding hydrogens is 138 g/mol. The van der Waals surface area contributed by atoms with E-state index in [9.17, 15) is 4.79 Å². The highest BCUT2D eigenvalue weighted by Crippen LogP contribution is 2.39. The van der Waals surface area contributed by atoms with Gasteiger partial charge in [-0.05, 0) is 31.7 Å². The van der Waals surface area contributed by atoms with Gasteiger partial charge in [-0.1, -0.05) is 0 Å². The molecule has 2 fully saturated rings. The fourth-order valence-corrected chi connectivity index (χ4v) is 2.72. The van der Waals surface area contributed by atoms with Crippen LogP contribution in [0.1, 0.15) is 12.8 Å². The zero-order valence-corrected chi connectivity index (χ0v) is 6.99. The van der Waals surface area contributed by atoms with E-state index >= 15 is 0 Å². The summed E-state index contributed by atoms with van der Waals surface area (Å²) in [7, 11) is 2.16. The van der Waals surface area contributed by atoms with Gasteiger partial charge in [-0.15, -0.1) is 0 Å². The number of hydrogen-bond donors (Lipinski definition) is 0. The molecule has 2 bridgehead atoms. The Morgan fingerprint density at radius 2 is 1.82 bits per heavy atom. The van der Waals surface area contributed by atoms with Gasteiger partial charge in [0, 0.05) is 19.0 Å². The molecule has 0 amide bonds. The van der Waals surface area contributed by atoms with Crippen molar-refractivity contribution < 1.29 is 4.79 Å². The number of fused-ring (bicyclic) bond motifs is 2. The molecular formula is C9H15NO. The van der Waals surface area contributed by atoms with Crippen molar-refractivity contribution in [1.82, 2.24) is 4.90 Å². The van der Waals surface area contributed by atoms with Gasteiger partial charge in [0.05, 0.1) is 0 Å². The third-order valence-corrected chi connectivity index (χ3v) is 3.25. The first-order chi connectivity index (χ1) is 5.31. The van der Waals surface area contributed by atoms with Crippen LogP contribution in [0.4, 0.5) is 0 Å². The van der Waals surface area contributed by atoms with Crippen molar-refractivity contribution >= 4 is 6.29 Å². The summed E-state index contributed by atoms with van der Waals surface area (Å²) < 4.78 is 0. The smallest absolute Gasteiger partial charge is 0.123 e. The van der Waals surface area contributed by atoms with Gasteiger partial charge in [0.15, 0.2) is 0 Å². The average molecular weight is 153 g/mol. The van der Waals surface area contributed by atoms with Gasteiger partial charge in [0.1, 0.15) is 6.29 Å². The molecule has 1 heterocycles. The molecule has 1 aliphatic carbocycles. The lowest BCUT2D eigenvalue weighted by molar-refractivity contribution is -0.114. The molecule has 62 valence electrons. The predicted molar refractivity (Wildman–Crippen MR) is 43.3 cm³/mol. The zero-order chi connectivity index (χ0) is 7.84. The highest BCUT2D eigenvalue weighted by Gasteiger charge is 2.40. The third-order valence-electron chi connectivity index (χ3n) is 3.25. The summed E-state index contributed by atoms with van der Waals surface area (Å²) in [6.45, 7) is 2.28. The summed E-state index contributed by atoms with van der Waals surface area (Å²) >= 11 is 0. The summed E-state index contributed by atoms with van der Waals surface area (Å²) in [4.78, 5) is 13.1. The van der Waals surface area contributed by atoms with E-state index in [2.05, 4.69) is 11.9 Å². The van der Waals surface area contributed by atoms with Crippen LogP contribution in [0, 0.1) is 17.8 Å². The lowest BCUT2D eigenvalue weighted by atomic mass is 9.87. The van der Waals surface area contributed by atoms with Crippen molar-refractivity contribution in [2.24, 2.45) is 17.8 Å². The highest BCUT2D eigenvalue weighted by atomic mass is 16.1. The number of likely N-dealkylation sites (tertiary alicyclic amines) is 1. The fraction of sp³-hybridized carbons (Fsp3) is 0.889. The minimum Gasteiger partial charge on any atom is -0.306 e. The van der Waals surface area contributed by atoms with Crippen LogP contribution in [0.2, 0.25) is 0 Å². The molecule has 0 aromatic heterocycles. The van der Waals surface area contributed by atoms with Crippen molar-refractivity contribution in [3.05, 3.63) is 0 Å². The topological polar surface area (TPSA) is 20.3 Å². The highest BCUT2D eigenvalue weighted by molar-refractivity contribution is 5.55. The zero-order valence-electron chi connectivity index (χ0n) is 6.99. The van der Waals surface area contributed by atoms with Gasteiger partial charge >= 0.3 is 0 Å². The fourth-order valence-electron chi connectivity index (χ4n) is 2.72. The Hall–Kier alpha value is -0.370. The van der Waals surface area contributed by atoms with Crippen LogP contribution in [0.25, 0.3) is 0 Å². The first-order valence-corrected chi connectivity index (χ1v) is 4.45. The molecule has 2 aliphatic rings. The number of carbonyl (C=O) groups is 1. The third kappa shape index (κ3) is 1.09. The van der Waals surface area contributed by atoms with Gasteiger partial charge in [-0.2, -0.15) is 0 Å². The molecule has 2 heteroatoms. The second kappa shape index (κ2) is 2.59. The van der Waals surface area contributed by atoms with Crippen molar-refractivity contribution in [2.45, 2.75) is 12.8 Å². The van der Waals surface area contributed by atoms with Gasteiger partial charge in [0.25, 0.3) is 0 Å². The van der Waals surface area contributed by atoms with Crippen molar-refractivity contribution in [2.75, 3.05) is 20.1 Å². The van der Waals surface area contributed by atoms with Crippen LogP contribution >= 0.6 is 0 Å². The average Bonchev–Trinajstić information content (AvgIpc) is 2.23. The van der Waals surface area contributed by atoms with E-state index < -0.39 is 0 Å². The van der Waals surface area contributed by atoms with E-state index in [0.717, 1.165) is 13.1 Å². The van der Waals surface area contributed by atoms with Crippen LogP contribution in [0.15, 0.2) is 0 Å².